The van der Waals surface area contributed by atoms with E-state index in [0.717, 1.165) is 38.0 Å². The number of nitrogens with one attached hydrogen (secondary N) is 1. The molecule has 0 radical (unpaired) electrons. The van der Waals surface area contributed by atoms with Gasteiger partial charge in [-0.15, -0.1) is 0 Å². The highest BCUT2D eigenvalue weighted by atomic mass is 16.2. The molecule has 0 aliphatic carbocycles. The molecule has 0 bridgehead atoms. The molecule has 0 aromatic carbocycles. The van der Waals surface area contributed by atoms with Crippen molar-refractivity contribution >= 4 is 11.9 Å². The van der Waals surface area contributed by atoms with E-state index < -0.39 is 0 Å². The number of carbonyl (C=O) groups excluding carboxylic acids is 1. The van der Waals surface area contributed by atoms with Crippen LogP contribution in [0.2, 0.25) is 0 Å². The molecule has 2 aliphatic heterocycles. The lowest BCUT2D eigenvalue weighted by atomic mass is 10.1. The quantitative estimate of drug-likeness (QED) is 0.890. The Balaban J connectivity index is 1.52. The van der Waals surface area contributed by atoms with E-state index in [1.807, 2.05) is 22.6 Å². The average molecular weight is 356 g/mol. The number of H-pyrrole nitrogens is 1. The van der Waals surface area contributed by atoms with Crippen LogP contribution in [0.1, 0.15) is 48.4 Å². The number of imidazole rings is 1. The molecule has 0 saturated carbocycles. The summed E-state index contributed by atoms with van der Waals surface area (Å²) in [6.45, 7) is 5.81. The molecule has 8 heteroatoms. The average Bonchev–Trinajstić information content (AvgIpc) is 3.41. The third kappa shape index (κ3) is 3.11. The molecule has 1 amide bonds. The van der Waals surface area contributed by atoms with Gasteiger partial charge in [-0.05, 0) is 26.2 Å². The molecule has 2 aromatic heterocycles. The smallest absolute Gasteiger partial charge is 0.289 e. The largest absolute Gasteiger partial charge is 0.342 e. The zero-order valence-corrected chi connectivity index (χ0v) is 15.0. The number of aromatic nitrogens is 4. The molecule has 0 spiro atoms. The number of amides is 1. The fraction of sp³-hybridized carbons (Fsp3) is 0.556. The van der Waals surface area contributed by atoms with E-state index >= 15 is 0 Å². The zero-order valence-electron chi connectivity index (χ0n) is 15.0. The van der Waals surface area contributed by atoms with Gasteiger partial charge in [-0.25, -0.2) is 9.97 Å². The summed E-state index contributed by atoms with van der Waals surface area (Å²) < 4.78 is 1.85. The third-order valence-corrected chi connectivity index (χ3v) is 5.30. The minimum absolute atomic E-state index is 0.0519. The van der Waals surface area contributed by atoms with E-state index in [0.29, 0.717) is 31.4 Å². The maximum Gasteiger partial charge on any atom is 0.289 e. The van der Waals surface area contributed by atoms with Gasteiger partial charge < -0.3 is 14.4 Å². The van der Waals surface area contributed by atoms with Crippen LogP contribution in [0.25, 0.3) is 0 Å². The summed E-state index contributed by atoms with van der Waals surface area (Å²) in [6.07, 6.45) is 6.55. The summed E-state index contributed by atoms with van der Waals surface area (Å²) in [5, 5.41) is 0. The highest BCUT2D eigenvalue weighted by molar-refractivity contribution is 5.91. The van der Waals surface area contributed by atoms with Crippen LogP contribution in [-0.2, 0) is 6.54 Å². The van der Waals surface area contributed by atoms with Gasteiger partial charge in [0.05, 0.1) is 5.69 Å². The van der Waals surface area contributed by atoms with Crippen molar-refractivity contribution in [2.24, 2.45) is 0 Å². The Bertz CT molecular complexity index is 851. The second-order valence-electron chi connectivity index (χ2n) is 6.96. The predicted molar refractivity (Wildman–Crippen MR) is 97.5 cm³/mol. The van der Waals surface area contributed by atoms with Crippen LogP contribution in [0, 0.1) is 0 Å². The molecule has 4 heterocycles. The van der Waals surface area contributed by atoms with Crippen LogP contribution in [0.5, 0.6) is 0 Å². The second-order valence-corrected chi connectivity index (χ2v) is 6.96. The van der Waals surface area contributed by atoms with Crippen molar-refractivity contribution in [3.8, 4) is 0 Å². The van der Waals surface area contributed by atoms with Crippen LogP contribution < -0.4 is 10.5 Å². The summed E-state index contributed by atoms with van der Waals surface area (Å²) in [4.78, 5) is 40.5. The number of nitrogens with zero attached hydrogens (tertiary/aromatic N) is 5. The summed E-state index contributed by atoms with van der Waals surface area (Å²) >= 11 is 0. The van der Waals surface area contributed by atoms with Crippen molar-refractivity contribution in [3.63, 3.8) is 0 Å². The van der Waals surface area contributed by atoms with E-state index in [4.69, 9.17) is 4.98 Å². The number of aryl methyl sites for hydroxylation is 1. The van der Waals surface area contributed by atoms with Gasteiger partial charge in [0.1, 0.15) is 0 Å². The Kier molecular flexibility index (Phi) is 4.48. The number of hydrogen-bond acceptors (Lipinski definition) is 5. The first-order chi connectivity index (χ1) is 12.7. The molecular weight excluding hydrogens is 332 g/mol. The molecule has 2 fully saturated rings. The SMILES string of the molecule is CCn1ccnc1C(=O)N1CCC(c2cc(=O)[nH]c(N3CCCC3)n2)C1. The fourth-order valence-corrected chi connectivity index (χ4v) is 3.84. The van der Waals surface area contributed by atoms with Gasteiger partial charge in [-0.1, -0.05) is 0 Å². The summed E-state index contributed by atoms with van der Waals surface area (Å²) in [5.74, 6) is 1.18. The van der Waals surface area contributed by atoms with Gasteiger partial charge >= 0.3 is 0 Å². The number of carbonyl (C=O) groups is 1. The standard InChI is InChI=1S/C18H24N6O2/c1-2-22-10-6-19-16(22)17(26)24-9-5-13(12-24)14-11-15(25)21-18(20-14)23-7-3-4-8-23/h6,10-11,13H,2-5,7-9,12H2,1H3,(H,20,21,25). The maximum atomic E-state index is 12.8. The molecule has 1 atom stereocenters. The molecule has 8 nitrogen and oxygen atoms in total. The molecule has 4 rings (SSSR count). The molecule has 138 valence electrons. The lowest BCUT2D eigenvalue weighted by Gasteiger charge is -2.19. The van der Waals surface area contributed by atoms with Gasteiger partial charge in [0.2, 0.25) is 5.95 Å². The van der Waals surface area contributed by atoms with Gasteiger partial charge in [0.25, 0.3) is 11.5 Å². The summed E-state index contributed by atoms with van der Waals surface area (Å²) in [7, 11) is 0. The molecule has 26 heavy (non-hydrogen) atoms. The molecule has 1 unspecified atom stereocenters. The molecule has 1 N–H and O–H groups in total. The second kappa shape index (κ2) is 6.93. The minimum atomic E-state index is -0.122. The minimum Gasteiger partial charge on any atom is -0.342 e. The van der Waals surface area contributed by atoms with E-state index in [1.54, 1.807) is 12.3 Å². The van der Waals surface area contributed by atoms with E-state index in [2.05, 4.69) is 14.9 Å². The van der Waals surface area contributed by atoms with Crippen LogP contribution in [0.4, 0.5) is 5.95 Å². The van der Waals surface area contributed by atoms with Crippen molar-refractivity contribution in [1.29, 1.82) is 0 Å². The number of aromatic amines is 1. The maximum absolute atomic E-state index is 12.8. The van der Waals surface area contributed by atoms with Crippen molar-refractivity contribution in [2.75, 3.05) is 31.1 Å². The Morgan fingerprint density at radius 2 is 2.12 bits per heavy atom. The Hall–Kier alpha value is -2.64. The topological polar surface area (TPSA) is 87.1 Å². The van der Waals surface area contributed by atoms with Gasteiger partial charge in [0, 0.05) is 57.1 Å². The highest BCUT2D eigenvalue weighted by Gasteiger charge is 2.31. The number of hydrogen-bond donors (Lipinski definition) is 1. The number of rotatable bonds is 4. The Morgan fingerprint density at radius 3 is 2.88 bits per heavy atom. The van der Waals surface area contributed by atoms with Crippen LogP contribution >= 0.6 is 0 Å². The van der Waals surface area contributed by atoms with E-state index in [1.165, 1.54) is 0 Å². The highest BCUT2D eigenvalue weighted by Crippen LogP contribution is 2.27. The summed E-state index contributed by atoms with van der Waals surface area (Å²) in [5.41, 5.74) is 0.660. The Morgan fingerprint density at radius 1 is 1.31 bits per heavy atom. The first kappa shape index (κ1) is 16.8. The van der Waals surface area contributed by atoms with Crippen molar-refractivity contribution < 1.29 is 4.79 Å². The normalized spacial score (nSPS) is 20.1. The molecule has 2 aromatic rings. The number of anilines is 1. The van der Waals surface area contributed by atoms with E-state index in [9.17, 15) is 9.59 Å². The lowest BCUT2D eigenvalue weighted by molar-refractivity contribution is 0.0774. The monoisotopic (exact) mass is 356 g/mol. The first-order valence-corrected chi connectivity index (χ1v) is 9.32. The third-order valence-electron chi connectivity index (χ3n) is 5.30. The summed E-state index contributed by atoms with van der Waals surface area (Å²) in [6, 6.07) is 1.57. The van der Waals surface area contributed by atoms with Crippen molar-refractivity contribution in [2.45, 2.75) is 38.6 Å². The van der Waals surface area contributed by atoms with Crippen molar-refractivity contribution in [3.05, 3.63) is 40.3 Å². The van der Waals surface area contributed by atoms with Crippen LogP contribution in [0.15, 0.2) is 23.3 Å². The van der Waals surface area contributed by atoms with Crippen LogP contribution in [-0.4, -0.2) is 56.5 Å². The first-order valence-electron chi connectivity index (χ1n) is 9.32. The van der Waals surface area contributed by atoms with Gasteiger partial charge in [0.15, 0.2) is 5.82 Å². The van der Waals surface area contributed by atoms with Gasteiger partial charge in [-0.3, -0.25) is 14.6 Å². The predicted octanol–water partition coefficient (Wildman–Crippen LogP) is 1.22. The lowest BCUT2D eigenvalue weighted by Crippen LogP contribution is -2.31. The molecule has 2 saturated heterocycles. The van der Waals surface area contributed by atoms with Gasteiger partial charge in [-0.2, -0.15) is 0 Å². The fourth-order valence-electron chi connectivity index (χ4n) is 3.84. The number of likely N-dealkylation sites (tertiary alicyclic amines) is 1. The van der Waals surface area contributed by atoms with E-state index in [-0.39, 0.29) is 17.4 Å². The molecular formula is C18H24N6O2. The zero-order chi connectivity index (χ0) is 18.1. The van der Waals surface area contributed by atoms with Crippen molar-refractivity contribution in [1.82, 2.24) is 24.4 Å². The Labute approximate surface area is 151 Å². The molecule has 2 aliphatic rings. The van der Waals surface area contributed by atoms with Crippen LogP contribution in [0.3, 0.4) is 0 Å².